The summed E-state index contributed by atoms with van der Waals surface area (Å²) in [5.74, 6) is 1.42. The maximum absolute atomic E-state index is 5.53. The molecular weight excluding hydrogens is 356 g/mol. The number of H-pyrrole nitrogens is 1. The van der Waals surface area contributed by atoms with Gasteiger partial charge in [0, 0.05) is 11.1 Å². The number of ether oxygens (including phenoxy) is 1. The summed E-state index contributed by atoms with van der Waals surface area (Å²) in [6, 6.07) is 20.2. The van der Waals surface area contributed by atoms with E-state index in [1.807, 2.05) is 49.4 Å². The van der Waals surface area contributed by atoms with Crippen LogP contribution in [-0.2, 0) is 0 Å². The molecule has 0 unspecified atom stereocenters. The smallest absolute Gasteiger partial charge is 0.216 e. The lowest BCUT2D eigenvalue weighted by Gasteiger charge is -2.08. The quantitative estimate of drug-likeness (QED) is 0.406. The average molecular weight is 374 g/mol. The normalized spacial score (nSPS) is 11.3. The van der Waals surface area contributed by atoms with Crippen molar-refractivity contribution in [3.8, 4) is 17.1 Å². The molecule has 4 aromatic rings. The van der Waals surface area contributed by atoms with Crippen molar-refractivity contribution in [1.82, 2.24) is 14.9 Å². The minimum Gasteiger partial charge on any atom is -0.496 e. The lowest BCUT2D eigenvalue weighted by atomic mass is 10.0. The summed E-state index contributed by atoms with van der Waals surface area (Å²) in [6.45, 7) is 2.04. The van der Waals surface area contributed by atoms with E-state index >= 15 is 0 Å². The Hall–Kier alpha value is -3.25. The molecule has 3 aromatic carbocycles. The highest BCUT2D eigenvalue weighted by Crippen LogP contribution is 2.27. The molecular formula is C21H18N4OS. The minimum atomic E-state index is 0.432. The van der Waals surface area contributed by atoms with Crippen molar-refractivity contribution in [1.29, 1.82) is 0 Å². The standard InChI is InChI=1S/C21H18N4OS/c1-14-6-5-8-16(12-14)20-23-24-21(27)25(20)22-13-18-17-9-4-3-7-15(17)10-11-19(18)26-2/h3-13H,1-2H3,(H,24,27). The number of aryl methyl sites for hydroxylation is 1. The maximum atomic E-state index is 5.53. The van der Waals surface area contributed by atoms with Crippen LogP contribution in [-0.4, -0.2) is 28.2 Å². The van der Waals surface area contributed by atoms with Gasteiger partial charge in [-0.2, -0.15) is 14.9 Å². The molecule has 1 N–H and O–H groups in total. The van der Waals surface area contributed by atoms with Gasteiger partial charge in [-0.15, -0.1) is 0 Å². The van der Waals surface area contributed by atoms with Gasteiger partial charge in [0.1, 0.15) is 5.75 Å². The van der Waals surface area contributed by atoms with Crippen LogP contribution in [0.25, 0.3) is 22.2 Å². The van der Waals surface area contributed by atoms with Crippen LogP contribution in [0.3, 0.4) is 0 Å². The first kappa shape index (κ1) is 17.2. The van der Waals surface area contributed by atoms with E-state index in [0.29, 0.717) is 10.6 Å². The number of fused-ring (bicyclic) bond motifs is 1. The van der Waals surface area contributed by atoms with Crippen molar-refractivity contribution in [3.05, 3.63) is 76.6 Å². The van der Waals surface area contributed by atoms with Crippen molar-refractivity contribution >= 4 is 29.2 Å². The zero-order chi connectivity index (χ0) is 18.8. The summed E-state index contributed by atoms with van der Waals surface area (Å²) < 4.78 is 7.60. The van der Waals surface area contributed by atoms with Gasteiger partial charge in [-0.3, -0.25) is 0 Å². The number of rotatable bonds is 4. The molecule has 27 heavy (non-hydrogen) atoms. The molecule has 0 amide bonds. The first-order valence-electron chi connectivity index (χ1n) is 8.52. The molecule has 0 fully saturated rings. The SMILES string of the molecule is COc1ccc2ccccc2c1C=Nn1c(-c2cccc(C)c2)n[nH]c1=S. The summed E-state index contributed by atoms with van der Waals surface area (Å²) >= 11 is 5.38. The second kappa shape index (κ2) is 7.17. The van der Waals surface area contributed by atoms with Crippen LogP contribution in [0.1, 0.15) is 11.1 Å². The highest BCUT2D eigenvalue weighted by Gasteiger charge is 2.10. The summed E-state index contributed by atoms with van der Waals surface area (Å²) in [5, 5.41) is 14.0. The summed E-state index contributed by atoms with van der Waals surface area (Å²) in [5.41, 5.74) is 2.99. The third kappa shape index (κ3) is 3.27. The highest BCUT2D eigenvalue weighted by molar-refractivity contribution is 7.71. The Morgan fingerprint density at radius 1 is 1.11 bits per heavy atom. The Bertz CT molecular complexity index is 1210. The fourth-order valence-electron chi connectivity index (χ4n) is 3.07. The zero-order valence-electron chi connectivity index (χ0n) is 15.0. The van der Waals surface area contributed by atoms with E-state index in [1.165, 1.54) is 0 Å². The summed E-state index contributed by atoms with van der Waals surface area (Å²) in [7, 11) is 1.66. The van der Waals surface area contributed by atoms with Crippen LogP contribution >= 0.6 is 12.2 Å². The fourth-order valence-corrected chi connectivity index (χ4v) is 3.25. The van der Waals surface area contributed by atoms with Crippen molar-refractivity contribution in [2.45, 2.75) is 6.92 Å². The second-order valence-electron chi connectivity index (χ2n) is 6.18. The van der Waals surface area contributed by atoms with Crippen molar-refractivity contribution in [3.63, 3.8) is 0 Å². The van der Waals surface area contributed by atoms with E-state index in [0.717, 1.165) is 33.2 Å². The molecule has 0 spiro atoms. The first-order valence-corrected chi connectivity index (χ1v) is 8.93. The number of hydrogen-bond donors (Lipinski definition) is 1. The van der Waals surface area contributed by atoms with Gasteiger partial charge in [-0.1, -0.05) is 54.1 Å². The van der Waals surface area contributed by atoms with Crippen LogP contribution in [0.15, 0.2) is 65.8 Å². The van der Waals surface area contributed by atoms with Gasteiger partial charge in [-0.05, 0) is 42.0 Å². The third-order valence-electron chi connectivity index (χ3n) is 4.38. The molecule has 1 aromatic heterocycles. The predicted octanol–water partition coefficient (Wildman–Crippen LogP) is 4.96. The lowest BCUT2D eigenvalue weighted by molar-refractivity contribution is 0.415. The molecule has 6 heteroatoms. The fraction of sp³-hybridized carbons (Fsp3) is 0.0952. The van der Waals surface area contributed by atoms with E-state index in [-0.39, 0.29) is 0 Å². The monoisotopic (exact) mass is 374 g/mol. The van der Waals surface area contributed by atoms with Crippen molar-refractivity contribution in [2.24, 2.45) is 5.10 Å². The predicted molar refractivity (Wildman–Crippen MR) is 111 cm³/mol. The molecule has 4 rings (SSSR count). The Morgan fingerprint density at radius 2 is 1.96 bits per heavy atom. The van der Waals surface area contributed by atoms with E-state index in [2.05, 4.69) is 33.5 Å². The van der Waals surface area contributed by atoms with E-state index in [4.69, 9.17) is 17.0 Å². The number of hydrogen-bond acceptors (Lipinski definition) is 4. The lowest BCUT2D eigenvalue weighted by Crippen LogP contribution is -1.97. The second-order valence-corrected chi connectivity index (χ2v) is 6.57. The van der Waals surface area contributed by atoms with Gasteiger partial charge >= 0.3 is 0 Å². The van der Waals surface area contributed by atoms with Crippen LogP contribution in [0.2, 0.25) is 0 Å². The number of nitrogens with zero attached hydrogens (tertiary/aromatic N) is 3. The van der Waals surface area contributed by atoms with Gasteiger partial charge in [0.2, 0.25) is 4.77 Å². The molecule has 0 atom stereocenters. The van der Waals surface area contributed by atoms with E-state index in [9.17, 15) is 0 Å². The molecule has 0 aliphatic carbocycles. The molecule has 0 saturated heterocycles. The van der Waals surface area contributed by atoms with Crippen LogP contribution < -0.4 is 4.74 Å². The molecule has 0 aliphatic rings. The maximum Gasteiger partial charge on any atom is 0.216 e. The number of nitrogens with one attached hydrogen (secondary N) is 1. The Labute approximate surface area is 161 Å². The molecule has 0 radical (unpaired) electrons. The van der Waals surface area contributed by atoms with E-state index in [1.54, 1.807) is 18.0 Å². The van der Waals surface area contributed by atoms with Crippen LogP contribution in [0, 0.1) is 11.7 Å². The van der Waals surface area contributed by atoms with Crippen molar-refractivity contribution < 1.29 is 4.74 Å². The topological polar surface area (TPSA) is 55.2 Å². The Morgan fingerprint density at radius 3 is 2.78 bits per heavy atom. The van der Waals surface area contributed by atoms with Gasteiger partial charge in [0.05, 0.1) is 13.3 Å². The largest absolute Gasteiger partial charge is 0.496 e. The average Bonchev–Trinajstić information content (AvgIpc) is 3.06. The molecule has 134 valence electrons. The minimum absolute atomic E-state index is 0.432. The highest BCUT2D eigenvalue weighted by atomic mass is 32.1. The number of aromatic amines is 1. The zero-order valence-corrected chi connectivity index (χ0v) is 15.8. The molecule has 5 nitrogen and oxygen atoms in total. The summed E-state index contributed by atoms with van der Waals surface area (Å²) in [4.78, 5) is 0. The molecule has 0 aliphatic heterocycles. The van der Waals surface area contributed by atoms with Crippen molar-refractivity contribution in [2.75, 3.05) is 7.11 Å². The Balaban J connectivity index is 1.85. The number of methoxy groups -OCH3 is 1. The molecule has 1 heterocycles. The van der Waals surface area contributed by atoms with E-state index < -0.39 is 0 Å². The first-order chi connectivity index (χ1) is 13.2. The third-order valence-corrected chi connectivity index (χ3v) is 4.64. The molecule has 0 bridgehead atoms. The van der Waals surface area contributed by atoms with Crippen LogP contribution in [0.5, 0.6) is 5.75 Å². The Kier molecular flexibility index (Phi) is 4.56. The molecule has 0 saturated carbocycles. The summed E-state index contributed by atoms with van der Waals surface area (Å²) in [6.07, 6.45) is 1.77. The van der Waals surface area contributed by atoms with Gasteiger partial charge in [-0.25, -0.2) is 5.10 Å². The van der Waals surface area contributed by atoms with Gasteiger partial charge in [0.25, 0.3) is 0 Å². The van der Waals surface area contributed by atoms with Gasteiger partial charge in [0.15, 0.2) is 5.82 Å². The number of aromatic nitrogens is 3. The van der Waals surface area contributed by atoms with Crippen LogP contribution in [0.4, 0.5) is 0 Å². The van der Waals surface area contributed by atoms with Gasteiger partial charge < -0.3 is 4.74 Å². The number of benzene rings is 3.